The van der Waals surface area contributed by atoms with Crippen LogP contribution < -0.4 is 9.84 Å². The number of amides is 2. The number of carbonyl (C=O) groups excluding carboxylic acids is 2. The molecule has 0 spiro atoms. The van der Waals surface area contributed by atoms with Crippen LogP contribution in [-0.2, 0) is 15.9 Å². The maximum absolute atomic E-state index is 13.4. The first-order valence-corrected chi connectivity index (χ1v) is 13.6. The molecule has 1 fully saturated rings. The highest BCUT2D eigenvalue weighted by Gasteiger charge is 2.29. The first-order valence-electron chi connectivity index (χ1n) is 11.0. The van der Waals surface area contributed by atoms with Crippen LogP contribution in [0.5, 0.6) is 5.75 Å². The normalized spacial score (nSPS) is 16.5. The van der Waals surface area contributed by atoms with Gasteiger partial charge in [0.1, 0.15) is 11.8 Å². The quantitative estimate of drug-likeness (QED) is 0.414. The topological polar surface area (TPSA) is 116 Å². The minimum absolute atomic E-state index is 0.0563. The molecule has 1 heterocycles. The van der Waals surface area contributed by atoms with E-state index < -0.39 is 19.8 Å². The van der Waals surface area contributed by atoms with Crippen LogP contribution in [0.15, 0.2) is 78.9 Å². The fourth-order valence-corrected chi connectivity index (χ4v) is 5.22. The predicted octanol–water partition coefficient (Wildman–Crippen LogP) is 3.70. The molecule has 1 aliphatic heterocycles. The Kier molecular flexibility index (Phi) is 7.93. The van der Waals surface area contributed by atoms with Crippen molar-refractivity contribution in [2.24, 2.45) is 0 Å². The summed E-state index contributed by atoms with van der Waals surface area (Å²) in [7, 11) is -4.68. The van der Waals surface area contributed by atoms with Crippen molar-refractivity contribution in [1.29, 1.82) is 0 Å². The van der Waals surface area contributed by atoms with E-state index in [0.29, 0.717) is 18.8 Å². The Hall–Kier alpha value is -3.10. The maximum Gasteiger partial charge on any atom is 0.524 e. The number of phosphoric acid groups is 1. The fourth-order valence-electron chi connectivity index (χ4n) is 3.85. The van der Waals surface area contributed by atoms with E-state index in [1.54, 1.807) is 16.7 Å². The van der Waals surface area contributed by atoms with Crippen LogP contribution in [0.3, 0.4) is 0 Å². The van der Waals surface area contributed by atoms with Gasteiger partial charge in [0.15, 0.2) is 0 Å². The zero-order chi connectivity index (χ0) is 24.8. The Morgan fingerprint density at radius 3 is 2.43 bits per heavy atom. The first-order chi connectivity index (χ1) is 16.8. The van der Waals surface area contributed by atoms with Crippen LogP contribution in [-0.4, -0.2) is 50.6 Å². The highest BCUT2D eigenvalue weighted by atomic mass is 32.2. The second-order valence-corrected chi connectivity index (χ2v) is 10.3. The Labute approximate surface area is 207 Å². The molecule has 182 valence electrons. The standard InChI is InChI=1S/C25H25N2O6PS/c28-24(19-10-12-21(13-11-19)33-34(30,31)32)26-23-17-35-15-14-27(25(23)29)16-20-8-4-5-9-22(20)18-6-2-1-3-7-18/h1-13,23H,14-17H2,(H,26,28)(H2,30,31,32)/t23-/m0/s1. The highest BCUT2D eigenvalue weighted by Crippen LogP contribution is 2.37. The van der Waals surface area contributed by atoms with E-state index in [9.17, 15) is 14.2 Å². The van der Waals surface area contributed by atoms with Gasteiger partial charge in [0.05, 0.1) is 0 Å². The maximum atomic E-state index is 13.4. The summed E-state index contributed by atoms with van der Waals surface area (Å²) < 4.78 is 15.5. The van der Waals surface area contributed by atoms with Crippen LogP contribution >= 0.6 is 19.6 Å². The van der Waals surface area contributed by atoms with Gasteiger partial charge in [0.2, 0.25) is 5.91 Å². The smallest absolute Gasteiger partial charge is 0.404 e. The Balaban J connectivity index is 1.46. The largest absolute Gasteiger partial charge is 0.524 e. The summed E-state index contributed by atoms with van der Waals surface area (Å²) >= 11 is 1.60. The molecular formula is C25H25N2O6PS. The van der Waals surface area contributed by atoms with Crippen molar-refractivity contribution in [2.75, 3.05) is 18.1 Å². The van der Waals surface area contributed by atoms with Gasteiger partial charge in [-0.1, -0.05) is 54.6 Å². The molecular weight excluding hydrogens is 487 g/mol. The average Bonchev–Trinajstić information content (AvgIpc) is 3.01. The van der Waals surface area contributed by atoms with Gasteiger partial charge in [-0.05, 0) is 41.0 Å². The third-order valence-electron chi connectivity index (χ3n) is 5.51. The van der Waals surface area contributed by atoms with Crippen molar-refractivity contribution >= 4 is 31.4 Å². The van der Waals surface area contributed by atoms with E-state index in [2.05, 4.69) is 9.84 Å². The third kappa shape index (κ3) is 6.74. The van der Waals surface area contributed by atoms with Gasteiger partial charge in [0.25, 0.3) is 5.91 Å². The Morgan fingerprint density at radius 1 is 1.03 bits per heavy atom. The number of nitrogens with one attached hydrogen (secondary N) is 1. The minimum atomic E-state index is -4.68. The molecule has 0 aromatic heterocycles. The van der Waals surface area contributed by atoms with Crippen LogP contribution in [0.4, 0.5) is 0 Å². The molecule has 1 aliphatic rings. The summed E-state index contributed by atoms with van der Waals surface area (Å²) in [5, 5.41) is 2.81. The van der Waals surface area contributed by atoms with E-state index in [-0.39, 0.29) is 17.2 Å². The molecule has 0 aliphatic carbocycles. The SMILES string of the molecule is O=C(N[C@H]1CSCCN(Cc2ccccc2-c2ccccc2)C1=O)c1ccc(OP(=O)(O)O)cc1. The van der Waals surface area contributed by atoms with Gasteiger partial charge >= 0.3 is 7.82 Å². The number of nitrogens with zero attached hydrogens (tertiary/aromatic N) is 1. The van der Waals surface area contributed by atoms with Crippen molar-refractivity contribution in [3.8, 4) is 16.9 Å². The lowest BCUT2D eigenvalue weighted by molar-refractivity contribution is -0.132. The summed E-state index contributed by atoms with van der Waals surface area (Å²) in [6.07, 6.45) is 0. The number of hydrogen-bond acceptors (Lipinski definition) is 5. The molecule has 1 saturated heterocycles. The summed E-state index contributed by atoms with van der Waals surface area (Å²) in [6, 6.07) is 22.7. The molecule has 2 amide bonds. The number of phosphoric ester groups is 1. The lowest BCUT2D eigenvalue weighted by Crippen LogP contribution is -2.48. The van der Waals surface area contributed by atoms with E-state index in [0.717, 1.165) is 22.4 Å². The van der Waals surface area contributed by atoms with Crippen LogP contribution in [0.25, 0.3) is 11.1 Å². The molecule has 10 heteroatoms. The van der Waals surface area contributed by atoms with Crippen molar-refractivity contribution in [1.82, 2.24) is 10.2 Å². The van der Waals surface area contributed by atoms with E-state index in [1.165, 1.54) is 24.3 Å². The molecule has 35 heavy (non-hydrogen) atoms. The molecule has 3 aromatic carbocycles. The lowest BCUT2D eigenvalue weighted by atomic mass is 9.99. The summed E-state index contributed by atoms with van der Waals surface area (Å²) in [4.78, 5) is 45.7. The second-order valence-electron chi connectivity index (χ2n) is 7.99. The summed E-state index contributed by atoms with van der Waals surface area (Å²) in [5.74, 6) is 0.575. The van der Waals surface area contributed by atoms with Crippen molar-refractivity contribution < 1.29 is 28.5 Å². The molecule has 1 atom stereocenters. The second kappa shape index (κ2) is 11.1. The Bertz CT molecular complexity index is 1230. The van der Waals surface area contributed by atoms with E-state index >= 15 is 0 Å². The number of rotatable bonds is 7. The van der Waals surface area contributed by atoms with Crippen LogP contribution in [0.2, 0.25) is 0 Å². The van der Waals surface area contributed by atoms with Gasteiger partial charge in [-0.2, -0.15) is 11.8 Å². The number of thioether (sulfide) groups is 1. The molecule has 0 unspecified atom stereocenters. The molecule has 0 saturated carbocycles. The van der Waals surface area contributed by atoms with E-state index in [1.807, 2.05) is 54.6 Å². The van der Waals surface area contributed by atoms with Gasteiger partial charge in [-0.25, -0.2) is 4.57 Å². The van der Waals surface area contributed by atoms with Crippen molar-refractivity contribution in [3.05, 3.63) is 90.0 Å². The zero-order valence-corrected chi connectivity index (χ0v) is 20.5. The van der Waals surface area contributed by atoms with E-state index in [4.69, 9.17) is 9.79 Å². The van der Waals surface area contributed by atoms with Gasteiger partial charge in [-0.3, -0.25) is 19.4 Å². The van der Waals surface area contributed by atoms with Gasteiger partial charge < -0.3 is 14.7 Å². The zero-order valence-electron chi connectivity index (χ0n) is 18.7. The fraction of sp³-hybridized carbons (Fsp3) is 0.200. The number of carbonyl (C=O) groups is 2. The highest BCUT2D eigenvalue weighted by molar-refractivity contribution is 7.99. The molecule has 3 N–H and O–H groups in total. The summed E-state index contributed by atoms with van der Waals surface area (Å²) in [5.41, 5.74) is 3.43. The number of benzene rings is 3. The predicted molar refractivity (Wildman–Crippen MR) is 135 cm³/mol. The molecule has 3 aromatic rings. The number of hydrogen-bond donors (Lipinski definition) is 3. The van der Waals surface area contributed by atoms with Crippen LogP contribution in [0, 0.1) is 0 Å². The third-order valence-corrected chi connectivity index (χ3v) is 7.00. The lowest BCUT2D eigenvalue weighted by Gasteiger charge is -2.25. The van der Waals surface area contributed by atoms with Crippen LogP contribution in [0.1, 0.15) is 15.9 Å². The molecule has 4 rings (SSSR count). The molecule has 0 bridgehead atoms. The van der Waals surface area contributed by atoms with Gasteiger partial charge in [0, 0.05) is 30.2 Å². The minimum Gasteiger partial charge on any atom is -0.404 e. The van der Waals surface area contributed by atoms with Crippen molar-refractivity contribution in [3.63, 3.8) is 0 Å². The van der Waals surface area contributed by atoms with Gasteiger partial charge in [-0.15, -0.1) is 0 Å². The average molecular weight is 513 g/mol. The summed E-state index contributed by atoms with van der Waals surface area (Å²) in [6.45, 7) is 1.01. The monoisotopic (exact) mass is 512 g/mol. The Morgan fingerprint density at radius 2 is 1.71 bits per heavy atom. The molecule has 0 radical (unpaired) electrons. The molecule has 8 nitrogen and oxygen atoms in total. The van der Waals surface area contributed by atoms with Crippen molar-refractivity contribution in [2.45, 2.75) is 12.6 Å². The first kappa shape index (κ1) is 25.0.